The summed E-state index contributed by atoms with van der Waals surface area (Å²) >= 11 is 0. The second-order valence-electron chi connectivity index (χ2n) is 6.18. The molecule has 17 heavy (non-hydrogen) atoms. The van der Waals surface area contributed by atoms with Crippen molar-refractivity contribution in [3.05, 3.63) is 0 Å². The molecule has 3 heteroatoms. The molecule has 0 amide bonds. The third-order valence-electron chi connectivity index (χ3n) is 4.86. The minimum atomic E-state index is -0.0648. The summed E-state index contributed by atoms with van der Waals surface area (Å²) < 4.78 is 0. The molecule has 3 nitrogen and oxygen atoms in total. The van der Waals surface area contributed by atoms with Crippen LogP contribution < -0.4 is 0 Å². The van der Waals surface area contributed by atoms with Crippen LogP contribution in [0.4, 0.5) is 0 Å². The molecule has 98 valence electrons. The Bertz CT molecular complexity index is 241. The molecule has 0 spiro atoms. The first kappa shape index (κ1) is 11.9. The number of rotatable bonds is 4. The molecule has 3 fully saturated rings. The molecule has 3 aliphatic rings. The Kier molecular flexibility index (Phi) is 3.69. The third-order valence-corrected chi connectivity index (χ3v) is 4.86. The van der Waals surface area contributed by atoms with Crippen molar-refractivity contribution in [1.29, 1.82) is 0 Å². The number of aliphatic hydroxyl groups excluding tert-OH is 1. The van der Waals surface area contributed by atoms with Crippen LogP contribution in [0.1, 0.15) is 38.5 Å². The van der Waals surface area contributed by atoms with Crippen molar-refractivity contribution in [1.82, 2.24) is 9.80 Å². The van der Waals surface area contributed by atoms with Crippen LogP contribution in [0.2, 0.25) is 0 Å². The smallest absolute Gasteiger partial charge is 0.0695 e. The third kappa shape index (κ3) is 3.01. The summed E-state index contributed by atoms with van der Waals surface area (Å²) in [5, 5.41) is 10.2. The molecule has 0 aromatic rings. The maximum atomic E-state index is 10.2. The Balaban J connectivity index is 1.40. The number of hydrogen-bond donors (Lipinski definition) is 1. The molecule has 0 aromatic carbocycles. The predicted octanol–water partition coefficient (Wildman–Crippen LogP) is 1.32. The van der Waals surface area contributed by atoms with E-state index in [0.29, 0.717) is 5.92 Å². The average molecular weight is 238 g/mol. The number of piperazine rings is 1. The zero-order chi connectivity index (χ0) is 11.7. The first-order chi connectivity index (χ1) is 8.33. The highest BCUT2D eigenvalue weighted by atomic mass is 16.3. The Morgan fingerprint density at radius 1 is 0.941 bits per heavy atom. The molecule has 3 rings (SSSR count). The molecule has 2 saturated carbocycles. The van der Waals surface area contributed by atoms with Gasteiger partial charge in [-0.15, -0.1) is 0 Å². The molecule has 1 saturated heterocycles. The summed E-state index contributed by atoms with van der Waals surface area (Å²) in [6.07, 6.45) is 7.95. The number of nitrogens with zero attached hydrogens (tertiary/aromatic N) is 2. The molecule has 1 atom stereocenters. The Hall–Kier alpha value is -0.120. The van der Waals surface area contributed by atoms with Crippen molar-refractivity contribution in [2.24, 2.45) is 5.92 Å². The molecular weight excluding hydrogens is 212 g/mol. The van der Waals surface area contributed by atoms with Gasteiger partial charge < -0.3 is 5.11 Å². The van der Waals surface area contributed by atoms with Crippen LogP contribution >= 0.6 is 0 Å². The highest BCUT2D eigenvalue weighted by Gasteiger charge is 2.32. The van der Waals surface area contributed by atoms with Gasteiger partial charge in [-0.2, -0.15) is 0 Å². The second kappa shape index (κ2) is 5.25. The molecule has 0 radical (unpaired) electrons. The van der Waals surface area contributed by atoms with Crippen LogP contribution in [-0.4, -0.2) is 59.8 Å². The maximum Gasteiger partial charge on any atom is 0.0695 e. The van der Waals surface area contributed by atoms with Gasteiger partial charge in [0.25, 0.3) is 0 Å². The maximum absolute atomic E-state index is 10.2. The Labute approximate surface area is 105 Å². The monoisotopic (exact) mass is 238 g/mol. The van der Waals surface area contributed by atoms with Crippen LogP contribution in [0.5, 0.6) is 0 Å². The van der Waals surface area contributed by atoms with Crippen molar-refractivity contribution in [2.75, 3.05) is 32.7 Å². The van der Waals surface area contributed by atoms with Gasteiger partial charge >= 0.3 is 0 Å². The van der Waals surface area contributed by atoms with E-state index in [1.807, 2.05) is 0 Å². The van der Waals surface area contributed by atoms with E-state index in [0.717, 1.165) is 12.6 Å². The Morgan fingerprint density at radius 3 is 2.18 bits per heavy atom. The van der Waals surface area contributed by atoms with Crippen molar-refractivity contribution in [3.63, 3.8) is 0 Å². The van der Waals surface area contributed by atoms with Gasteiger partial charge in [-0.25, -0.2) is 0 Å². The van der Waals surface area contributed by atoms with Crippen molar-refractivity contribution < 1.29 is 5.11 Å². The lowest BCUT2D eigenvalue weighted by molar-refractivity contribution is 0.0409. The summed E-state index contributed by atoms with van der Waals surface area (Å²) in [7, 11) is 0. The molecule has 1 unspecified atom stereocenters. The predicted molar refractivity (Wildman–Crippen MR) is 69.0 cm³/mol. The fraction of sp³-hybridized carbons (Fsp3) is 1.00. The molecule has 0 aromatic heterocycles. The van der Waals surface area contributed by atoms with Crippen LogP contribution in [0, 0.1) is 5.92 Å². The molecule has 1 heterocycles. The highest BCUT2D eigenvalue weighted by molar-refractivity contribution is 4.88. The fourth-order valence-electron chi connectivity index (χ4n) is 3.51. The minimum Gasteiger partial charge on any atom is -0.392 e. The minimum absolute atomic E-state index is 0.0648. The lowest BCUT2D eigenvalue weighted by atomic mass is 10.0. The van der Waals surface area contributed by atoms with Gasteiger partial charge in [-0.1, -0.05) is 12.8 Å². The van der Waals surface area contributed by atoms with Gasteiger partial charge in [-0.3, -0.25) is 9.80 Å². The lowest BCUT2D eigenvalue weighted by Crippen LogP contribution is -2.49. The standard InChI is InChI=1S/C14H26N2O/c17-14(12-3-1-2-4-12)11-15-7-9-16(10-8-15)13-5-6-13/h12-14,17H,1-11H2. The fourth-order valence-corrected chi connectivity index (χ4v) is 3.51. The molecule has 0 bridgehead atoms. The van der Waals surface area contributed by atoms with Gasteiger partial charge in [0.2, 0.25) is 0 Å². The number of β-amino-alcohol motifs (C(OH)–C–C–N with tert-alkyl or cyclic N) is 1. The van der Waals surface area contributed by atoms with Crippen LogP contribution in [0.25, 0.3) is 0 Å². The molecule has 1 N–H and O–H groups in total. The van der Waals surface area contributed by atoms with Crippen molar-refractivity contribution in [2.45, 2.75) is 50.7 Å². The first-order valence-corrected chi connectivity index (χ1v) is 7.47. The van der Waals surface area contributed by atoms with Gasteiger partial charge in [0.05, 0.1) is 6.10 Å². The molecular formula is C14H26N2O. The van der Waals surface area contributed by atoms with E-state index >= 15 is 0 Å². The van der Waals surface area contributed by atoms with Gasteiger partial charge in [0.1, 0.15) is 0 Å². The van der Waals surface area contributed by atoms with E-state index in [4.69, 9.17) is 0 Å². The zero-order valence-corrected chi connectivity index (χ0v) is 10.9. The van der Waals surface area contributed by atoms with E-state index < -0.39 is 0 Å². The SMILES string of the molecule is OC(CN1CCN(C2CC2)CC1)C1CCCC1. The topological polar surface area (TPSA) is 26.7 Å². The van der Waals surface area contributed by atoms with Crippen molar-refractivity contribution >= 4 is 0 Å². The van der Waals surface area contributed by atoms with Crippen molar-refractivity contribution in [3.8, 4) is 0 Å². The summed E-state index contributed by atoms with van der Waals surface area (Å²) in [6.45, 7) is 5.70. The molecule has 2 aliphatic carbocycles. The normalized spacial score (nSPS) is 30.9. The van der Waals surface area contributed by atoms with Crippen LogP contribution in [0.15, 0.2) is 0 Å². The summed E-state index contributed by atoms with van der Waals surface area (Å²) in [6, 6.07) is 0.914. The number of aliphatic hydroxyl groups is 1. The van der Waals surface area contributed by atoms with Crippen LogP contribution in [0.3, 0.4) is 0 Å². The van der Waals surface area contributed by atoms with E-state index in [2.05, 4.69) is 9.80 Å². The van der Waals surface area contributed by atoms with E-state index in [1.54, 1.807) is 0 Å². The summed E-state index contributed by atoms with van der Waals surface area (Å²) in [5.74, 6) is 0.594. The zero-order valence-electron chi connectivity index (χ0n) is 10.9. The van der Waals surface area contributed by atoms with Crippen LogP contribution in [-0.2, 0) is 0 Å². The quantitative estimate of drug-likeness (QED) is 0.800. The number of hydrogen-bond acceptors (Lipinski definition) is 3. The first-order valence-electron chi connectivity index (χ1n) is 7.47. The Morgan fingerprint density at radius 2 is 1.59 bits per heavy atom. The van der Waals surface area contributed by atoms with Gasteiger partial charge in [-0.05, 0) is 31.6 Å². The average Bonchev–Trinajstić information content (AvgIpc) is 3.05. The molecule has 1 aliphatic heterocycles. The lowest BCUT2D eigenvalue weighted by Gasteiger charge is -2.36. The van der Waals surface area contributed by atoms with E-state index in [1.165, 1.54) is 64.7 Å². The summed E-state index contributed by atoms with van der Waals surface area (Å²) in [4.78, 5) is 5.11. The van der Waals surface area contributed by atoms with Gasteiger partial charge in [0, 0.05) is 38.8 Å². The highest BCUT2D eigenvalue weighted by Crippen LogP contribution is 2.29. The van der Waals surface area contributed by atoms with E-state index in [9.17, 15) is 5.11 Å². The summed E-state index contributed by atoms with van der Waals surface area (Å²) in [5.41, 5.74) is 0. The second-order valence-corrected chi connectivity index (χ2v) is 6.18. The van der Waals surface area contributed by atoms with E-state index in [-0.39, 0.29) is 6.10 Å². The van der Waals surface area contributed by atoms with Gasteiger partial charge in [0.15, 0.2) is 0 Å². The largest absolute Gasteiger partial charge is 0.392 e.